The molecular weight excluding hydrogens is 403 g/mol. The topological polar surface area (TPSA) is 96.1 Å². The largest absolute Gasteiger partial charge is 0.392 e. The van der Waals surface area contributed by atoms with E-state index in [1.165, 1.54) is 0 Å². The van der Waals surface area contributed by atoms with Crippen molar-refractivity contribution < 1.29 is 18.3 Å². The standard InChI is InChI=1S/C16H21ClF3N5OS/c1-14(4-3-7-9(26)15(7,14)2)25-12-8(11(21)27)10(17)23-13(24-12)22-6-5-16(18,19)20/h7,9,26H,3-6H2,1-2H3,(H2,21,27)(H2,22,23,24,25). The highest BCUT2D eigenvalue weighted by Crippen LogP contribution is 2.68. The van der Waals surface area contributed by atoms with Crippen molar-refractivity contribution in [3.63, 3.8) is 0 Å². The van der Waals surface area contributed by atoms with Crippen LogP contribution in [0, 0.1) is 11.3 Å². The Morgan fingerprint density at radius 1 is 1.41 bits per heavy atom. The normalized spacial score (nSPS) is 32.1. The molecule has 1 aromatic heterocycles. The molecule has 3 rings (SSSR count). The fourth-order valence-electron chi connectivity index (χ4n) is 4.08. The highest BCUT2D eigenvalue weighted by atomic mass is 35.5. The van der Waals surface area contributed by atoms with Crippen molar-refractivity contribution in [2.45, 2.75) is 50.9 Å². The van der Waals surface area contributed by atoms with Gasteiger partial charge in [0.1, 0.15) is 16.0 Å². The third kappa shape index (κ3) is 3.54. The molecule has 0 aromatic carbocycles. The number of alkyl halides is 3. The number of halogens is 4. The summed E-state index contributed by atoms with van der Waals surface area (Å²) in [5.74, 6) is 0.400. The number of hydrogen-bond acceptors (Lipinski definition) is 6. The number of nitrogens with one attached hydrogen (secondary N) is 2. The second-order valence-corrected chi connectivity index (χ2v) is 8.35. The molecule has 6 nitrogen and oxygen atoms in total. The van der Waals surface area contributed by atoms with E-state index in [1.807, 2.05) is 13.8 Å². The van der Waals surface area contributed by atoms with Gasteiger partial charge in [-0.05, 0) is 25.7 Å². The minimum Gasteiger partial charge on any atom is -0.392 e. The lowest BCUT2D eigenvalue weighted by Gasteiger charge is -2.35. The Morgan fingerprint density at radius 3 is 2.59 bits per heavy atom. The van der Waals surface area contributed by atoms with Crippen LogP contribution < -0.4 is 16.4 Å². The summed E-state index contributed by atoms with van der Waals surface area (Å²) in [6.45, 7) is 3.58. The van der Waals surface area contributed by atoms with Gasteiger partial charge in [-0.3, -0.25) is 0 Å². The molecule has 1 heterocycles. The van der Waals surface area contributed by atoms with Crippen molar-refractivity contribution in [3.8, 4) is 0 Å². The van der Waals surface area contributed by atoms with E-state index in [-0.39, 0.29) is 45.3 Å². The Labute approximate surface area is 165 Å². The molecular formula is C16H21ClF3N5OS. The number of fused-ring (bicyclic) bond motifs is 1. The molecule has 4 atom stereocenters. The molecule has 5 N–H and O–H groups in total. The molecule has 2 aliphatic rings. The van der Waals surface area contributed by atoms with Gasteiger partial charge in [0.2, 0.25) is 5.95 Å². The van der Waals surface area contributed by atoms with Crippen LogP contribution in [0.2, 0.25) is 5.15 Å². The number of aliphatic hydroxyl groups is 1. The summed E-state index contributed by atoms with van der Waals surface area (Å²) in [5, 5.41) is 16.0. The van der Waals surface area contributed by atoms with Crippen molar-refractivity contribution in [3.05, 3.63) is 10.7 Å². The predicted molar refractivity (Wildman–Crippen MR) is 101 cm³/mol. The zero-order valence-corrected chi connectivity index (χ0v) is 16.4. The molecule has 0 amide bonds. The number of nitrogens with two attached hydrogens (primary N) is 1. The van der Waals surface area contributed by atoms with Crippen LogP contribution >= 0.6 is 23.8 Å². The Balaban J connectivity index is 1.87. The first-order chi connectivity index (χ1) is 12.4. The highest BCUT2D eigenvalue weighted by molar-refractivity contribution is 7.80. The molecule has 0 radical (unpaired) electrons. The van der Waals surface area contributed by atoms with Crippen molar-refractivity contribution in [1.29, 1.82) is 0 Å². The first-order valence-corrected chi connectivity index (χ1v) is 9.32. The summed E-state index contributed by atoms with van der Waals surface area (Å²) in [6.07, 6.45) is -4.09. The Morgan fingerprint density at radius 2 is 2.07 bits per heavy atom. The maximum Gasteiger partial charge on any atom is 0.390 e. The zero-order chi connectivity index (χ0) is 20.2. The molecule has 2 fully saturated rings. The molecule has 2 saturated carbocycles. The molecule has 27 heavy (non-hydrogen) atoms. The fourth-order valence-corrected chi connectivity index (χ4v) is 4.60. The van der Waals surface area contributed by atoms with Crippen LogP contribution in [-0.2, 0) is 0 Å². The van der Waals surface area contributed by atoms with Gasteiger partial charge in [-0.25, -0.2) is 4.98 Å². The number of aliphatic hydroxyl groups excluding tert-OH is 1. The molecule has 1 aromatic rings. The van der Waals surface area contributed by atoms with Gasteiger partial charge in [-0.15, -0.1) is 0 Å². The van der Waals surface area contributed by atoms with Gasteiger partial charge in [-0.1, -0.05) is 30.7 Å². The molecule has 4 unspecified atom stereocenters. The Bertz CT molecular complexity index is 779. The SMILES string of the molecule is CC1(Nc2nc(NCCC(F)(F)F)nc(Cl)c2C(N)=S)CCC2C(O)C21C. The minimum absolute atomic E-state index is 0.0241. The highest BCUT2D eigenvalue weighted by Gasteiger charge is 2.73. The maximum absolute atomic E-state index is 12.4. The number of anilines is 2. The average molecular weight is 424 g/mol. The van der Waals surface area contributed by atoms with Gasteiger partial charge < -0.3 is 21.5 Å². The van der Waals surface area contributed by atoms with Crippen molar-refractivity contribution >= 4 is 40.6 Å². The van der Waals surface area contributed by atoms with Crippen molar-refractivity contribution in [2.24, 2.45) is 17.1 Å². The van der Waals surface area contributed by atoms with Gasteiger partial charge in [0.15, 0.2) is 0 Å². The predicted octanol–water partition coefficient (Wildman–Crippen LogP) is 3.09. The van der Waals surface area contributed by atoms with E-state index in [2.05, 4.69) is 20.6 Å². The smallest absolute Gasteiger partial charge is 0.390 e. The second-order valence-electron chi connectivity index (χ2n) is 7.55. The first-order valence-electron chi connectivity index (χ1n) is 8.53. The van der Waals surface area contributed by atoms with Crippen LogP contribution in [0.3, 0.4) is 0 Å². The second kappa shape index (κ2) is 6.59. The van der Waals surface area contributed by atoms with Gasteiger partial charge in [0.05, 0.1) is 18.1 Å². The third-order valence-corrected chi connectivity index (χ3v) is 6.48. The monoisotopic (exact) mass is 423 g/mol. The summed E-state index contributed by atoms with van der Waals surface area (Å²) in [5.41, 5.74) is 5.17. The van der Waals surface area contributed by atoms with Crippen LogP contribution in [0.15, 0.2) is 0 Å². The van der Waals surface area contributed by atoms with E-state index < -0.39 is 24.2 Å². The summed E-state index contributed by atoms with van der Waals surface area (Å²) in [4.78, 5) is 8.19. The lowest BCUT2D eigenvalue weighted by atomic mass is 9.84. The molecule has 11 heteroatoms. The zero-order valence-electron chi connectivity index (χ0n) is 14.8. The van der Waals surface area contributed by atoms with Crippen LogP contribution in [0.4, 0.5) is 24.9 Å². The number of rotatable bonds is 6. The molecule has 2 aliphatic carbocycles. The lowest BCUT2D eigenvalue weighted by Crippen LogP contribution is -2.43. The van der Waals surface area contributed by atoms with Gasteiger partial charge >= 0.3 is 6.18 Å². The van der Waals surface area contributed by atoms with E-state index >= 15 is 0 Å². The van der Waals surface area contributed by atoms with Crippen LogP contribution in [-0.4, -0.2) is 44.4 Å². The minimum atomic E-state index is -4.29. The average Bonchev–Trinajstić information content (AvgIpc) is 2.93. The van der Waals surface area contributed by atoms with E-state index in [4.69, 9.17) is 29.6 Å². The first kappa shape index (κ1) is 20.3. The van der Waals surface area contributed by atoms with Crippen molar-refractivity contribution in [2.75, 3.05) is 17.2 Å². The number of hydrogen-bond donors (Lipinski definition) is 4. The Kier molecular flexibility index (Phi) is 4.97. The number of thiocarbonyl (C=S) groups is 1. The van der Waals surface area contributed by atoms with E-state index in [1.54, 1.807) is 0 Å². The number of aromatic nitrogens is 2. The van der Waals surface area contributed by atoms with E-state index in [0.29, 0.717) is 0 Å². The number of nitrogens with zero attached hydrogens (tertiary/aromatic N) is 2. The molecule has 0 saturated heterocycles. The van der Waals surface area contributed by atoms with E-state index in [0.717, 1.165) is 12.8 Å². The van der Waals surface area contributed by atoms with Gasteiger partial charge in [0.25, 0.3) is 0 Å². The third-order valence-electron chi connectivity index (χ3n) is 6.00. The van der Waals surface area contributed by atoms with Crippen molar-refractivity contribution in [1.82, 2.24) is 9.97 Å². The van der Waals surface area contributed by atoms with Crippen LogP contribution in [0.5, 0.6) is 0 Å². The Hall–Kier alpha value is -1.39. The van der Waals surface area contributed by atoms with Gasteiger partial charge in [-0.2, -0.15) is 18.2 Å². The lowest BCUT2D eigenvalue weighted by molar-refractivity contribution is -0.131. The maximum atomic E-state index is 12.4. The molecule has 0 spiro atoms. The van der Waals surface area contributed by atoms with E-state index in [9.17, 15) is 18.3 Å². The summed E-state index contributed by atoms with van der Waals surface area (Å²) < 4.78 is 37.1. The summed E-state index contributed by atoms with van der Waals surface area (Å²) in [7, 11) is 0. The molecule has 0 bridgehead atoms. The van der Waals surface area contributed by atoms with Crippen LogP contribution in [0.1, 0.15) is 38.7 Å². The quantitative estimate of drug-likeness (QED) is 0.412. The molecule has 0 aliphatic heterocycles. The molecule has 150 valence electrons. The summed E-state index contributed by atoms with van der Waals surface area (Å²) in [6, 6.07) is 0. The fraction of sp³-hybridized carbons (Fsp3) is 0.688. The summed E-state index contributed by atoms with van der Waals surface area (Å²) >= 11 is 11.2. The van der Waals surface area contributed by atoms with Crippen LogP contribution in [0.25, 0.3) is 0 Å². The van der Waals surface area contributed by atoms with Gasteiger partial charge in [0, 0.05) is 17.5 Å².